The lowest BCUT2D eigenvalue weighted by molar-refractivity contribution is 0.262. The second kappa shape index (κ2) is 6.48. The summed E-state index contributed by atoms with van der Waals surface area (Å²) >= 11 is 4.31. The van der Waals surface area contributed by atoms with Gasteiger partial charge in [-0.05, 0) is 29.7 Å². The minimum atomic E-state index is -0.264. The Morgan fingerprint density at radius 2 is 1.50 bits per heavy atom. The Labute approximate surface area is 124 Å². The third kappa shape index (κ3) is 3.54. The molecular weight excluding hydrogens is 268 g/mol. The molecule has 2 aromatic rings. The monoisotopic (exact) mass is 286 g/mol. The average molecular weight is 286 g/mol. The molecule has 2 rings (SSSR count). The smallest absolute Gasteiger partial charge is 0.307 e. The van der Waals surface area contributed by atoms with Gasteiger partial charge in [0.25, 0.3) is 0 Å². The van der Waals surface area contributed by atoms with Crippen molar-refractivity contribution in [2.75, 3.05) is 10.6 Å². The van der Waals surface area contributed by atoms with Crippen molar-refractivity contribution in [3.8, 4) is 0 Å². The number of hydrogen-bond acceptors (Lipinski definition) is 2. The second-order valence-corrected chi connectivity index (χ2v) is 5.32. The van der Waals surface area contributed by atoms with Gasteiger partial charge in [0.2, 0.25) is 0 Å². The summed E-state index contributed by atoms with van der Waals surface area (Å²) in [5, 5.41) is 5.68. The first kappa shape index (κ1) is 14.5. The topological polar surface area (TPSA) is 41.1 Å². The highest BCUT2D eigenvalue weighted by Crippen LogP contribution is 2.24. The number of urea groups is 1. The average Bonchev–Trinajstić information content (AvgIpc) is 2.41. The summed E-state index contributed by atoms with van der Waals surface area (Å²) in [6.07, 6.45) is 0. The Balaban J connectivity index is 2.11. The molecule has 0 unspecified atom stereocenters. The van der Waals surface area contributed by atoms with E-state index in [0.717, 1.165) is 16.1 Å². The van der Waals surface area contributed by atoms with Crippen molar-refractivity contribution in [1.29, 1.82) is 0 Å². The van der Waals surface area contributed by atoms with Crippen molar-refractivity contribution >= 4 is 30.0 Å². The Hall–Kier alpha value is -1.94. The quantitative estimate of drug-likeness (QED) is 0.701. The zero-order valence-corrected chi connectivity index (χ0v) is 12.4. The molecule has 0 saturated carbocycles. The summed E-state index contributed by atoms with van der Waals surface area (Å²) in [4.78, 5) is 12.8. The molecule has 0 aliphatic carbocycles. The number of amides is 2. The van der Waals surface area contributed by atoms with Crippen molar-refractivity contribution in [2.45, 2.75) is 24.7 Å². The fourth-order valence-electron chi connectivity index (χ4n) is 1.97. The van der Waals surface area contributed by atoms with Gasteiger partial charge < -0.3 is 10.6 Å². The molecule has 0 heterocycles. The molecule has 0 aliphatic heterocycles. The molecule has 3 nitrogen and oxygen atoms in total. The lowest BCUT2D eigenvalue weighted by atomic mass is 10.0. The van der Waals surface area contributed by atoms with E-state index in [1.54, 1.807) is 0 Å². The second-order valence-electron chi connectivity index (χ2n) is 4.84. The number of benzene rings is 2. The largest absolute Gasteiger partial charge is 0.323 e. The number of para-hydroxylation sites is 2. The number of rotatable bonds is 3. The van der Waals surface area contributed by atoms with Gasteiger partial charge >= 0.3 is 6.03 Å². The third-order valence-corrected chi connectivity index (χ3v) is 3.37. The molecule has 0 bridgehead atoms. The maximum absolute atomic E-state index is 12.1. The van der Waals surface area contributed by atoms with Gasteiger partial charge in [0.1, 0.15) is 0 Å². The van der Waals surface area contributed by atoms with Crippen LogP contribution in [0.2, 0.25) is 0 Å². The molecule has 104 valence electrons. The van der Waals surface area contributed by atoms with Gasteiger partial charge in [0, 0.05) is 10.6 Å². The van der Waals surface area contributed by atoms with Gasteiger partial charge in [0.05, 0.1) is 5.69 Å². The van der Waals surface area contributed by atoms with E-state index in [-0.39, 0.29) is 6.03 Å². The predicted molar refractivity (Wildman–Crippen MR) is 86.9 cm³/mol. The van der Waals surface area contributed by atoms with Gasteiger partial charge in [-0.1, -0.05) is 44.2 Å². The summed E-state index contributed by atoms with van der Waals surface area (Å²) < 4.78 is 0. The van der Waals surface area contributed by atoms with Crippen LogP contribution >= 0.6 is 12.6 Å². The fraction of sp³-hybridized carbons (Fsp3) is 0.188. The zero-order valence-electron chi connectivity index (χ0n) is 11.6. The molecule has 0 aromatic heterocycles. The van der Waals surface area contributed by atoms with Gasteiger partial charge in [0.15, 0.2) is 0 Å². The van der Waals surface area contributed by atoms with Crippen molar-refractivity contribution < 1.29 is 4.79 Å². The van der Waals surface area contributed by atoms with Crippen LogP contribution in [0.25, 0.3) is 0 Å². The summed E-state index contributed by atoms with van der Waals surface area (Å²) in [5.41, 5.74) is 2.63. The van der Waals surface area contributed by atoms with E-state index in [2.05, 4.69) is 37.1 Å². The summed E-state index contributed by atoms with van der Waals surface area (Å²) in [6.45, 7) is 4.20. The van der Waals surface area contributed by atoms with Crippen molar-refractivity contribution in [1.82, 2.24) is 0 Å². The molecule has 0 spiro atoms. The number of anilines is 2. The van der Waals surface area contributed by atoms with E-state index in [1.165, 1.54) is 0 Å². The molecule has 0 saturated heterocycles. The summed E-state index contributed by atoms with van der Waals surface area (Å²) in [7, 11) is 0. The number of thiol groups is 1. The Morgan fingerprint density at radius 1 is 0.950 bits per heavy atom. The maximum atomic E-state index is 12.1. The molecule has 20 heavy (non-hydrogen) atoms. The van der Waals surface area contributed by atoms with E-state index in [0.29, 0.717) is 11.6 Å². The summed E-state index contributed by atoms with van der Waals surface area (Å²) in [5.74, 6) is 0.351. The minimum Gasteiger partial charge on any atom is -0.307 e. The number of hydrogen-bond donors (Lipinski definition) is 3. The number of carbonyl (C=O) groups is 1. The van der Waals surface area contributed by atoms with Crippen LogP contribution < -0.4 is 10.6 Å². The van der Waals surface area contributed by atoms with Crippen molar-refractivity contribution in [2.24, 2.45) is 0 Å². The highest BCUT2D eigenvalue weighted by molar-refractivity contribution is 7.80. The van der Waals surface area contributed by atoms with E-state index in [9.17, 15) is 4.79 Å². The van der Waals surface area contributed by atoms with Crippen LogP contribution in [-0.4, -0.2) is 6.03 Å². The standard InChI is InChI=1S/C16H18N2OS/c1-11(2)12-7-3-4-8-13(12)17-16(19)18-14-9-5-6-10-15(14)20/h3-11,20H,1-2H3,(H2,17,18,19). The molecule has 0 aliphatic rings. The predicted octanol–water partition coefficient (Wildman–Crippen LogP) is 4.74. The van der Waals surface area contributed by atoms with Crippen LogP contribution in [0.4, 0.5) is 16.2 Å². The normalized spacial score (nSPS) is 10.4. The molecule has 0 atom stereocenters. The highest BCUT2D eigenvalue weighted by Gasteiger charge is 2.09. The van der Waals surface area contributed by atoms with Crippen molar-refractivity contribution in [3.63, 3.8) is 0 Å². The molecule has 0 radical (unpaired) electrons. The molecule has 0 fully saturated rings. The first-order valence-electron chi connectivity index (χ1n) is 6.53. The van der Waals surface area contributed by atoms with Crippen LogP contribution in [0.3, 0.4) is 0 Å². The van der Waals surface area contributed by atoms with Gasteiger partial charge in [-0.25, -0.2) is 4.79 Å². The van der Waals surface area contributed by atoms with Crippen LogP contribution in [0, 0.1) is 0 Å². The third-order valence-electron chi connectivity index (χ3n) is 2.98. The zero-order chi connectivity index (χ0) is 14.5. The van der Waals surface area contributed by atoms with Gasteiger partial charge in [-0.15, -0.1) is 12.6 Å². The maximum Gasteiger partial charge on any atom is 0.323 e. The van der Waals surface area contributed by atoms with E-state index >= 15 is 0 Å². The SMILES string of the molecule is CC(C)c1ccccc1NC(=O)Nc1ccccc1S. The lowest BCUT2D eigenvalue weighted by Gasteiger charge is -2.14. The lowest BCUT2D eigenvalue weighted by Crippen LogP contribution is -2.20. The first-order chi connectivity index (χ1) is 9.58. The molecular formula is C16H18N2OS. The minimum absolute atomic E-state index is 0.264. The first-order valence-corrected chi connectivity index (χ1v) is 6.97. The Kier molecular flexibility index (Phi) is 4.69. The fourth-order valence-corrected chi connectivity index (χ4v) is 2.19. The van der Waals surface area contributed by atoms with Crippen LogP contribution in [0.15, 0.2) is 53.4 Å². The van der Waals surface area contributed by atoms with Gasteiger partial charge in [-0.2, -0.15) is 0 Å². The Bertz CT molecular complexity index is 611. The van der Waals surface area contributed by atoms with E-state index < -0.39 is 0 Å². The highest BCUT2D eigenvalue weighted by atomic mass is 32.1. The number of nitrogens with one attached hydrogen (secondary N) is 2. The van der Waals surface area contributed by atoms with Crippen LogP contribution in [0.1, 0.15) is 25.3 Å². The molecule has 2 N–H and O–H groups in total. The van der Waals surface area contributed by atoms with Crippen molar-refractivity contribution in [3.05, 3.63) is 54.1 Å². The Morgan fingerprint density at radius 3 is 2.15 bits per heavy atom. The number of carbonyl (C=O) groups excluding carboxylic acids is 1. The van der Waals surface area contributed by atoms with Crippen LogP contribution in [0.5, 0.6) is 0 Å². The molecule has 2 aromatic carbocycles. The molecule has 2 amide bonds. The van der Waals surface area contributed by atoms with Crippen LogP contribution in [-0.2, 0) is 0 Å². The van der Waals surface area contributed by atoms with Gasteiger partial charge in [-0.3, -0.25) is 0 Å². The molecule has 4 heteroatoms. The van der Waals surface area contributed by atoms with E-state index in [1.807, 2.05) is 48.5 Å². The van der Waals surface area contributed by atoms with E-state index in [4.69, 9.17) is 0 Å². The summed E-state index contributed by atoms with van der Waals surface area (Å²) in [6, 6.07) is 14.9.